The molecular formula is C17H31N3O3. The predicted molar refractivity (Wildman–Crippen MR) is 89.4 cm³/mol. The Morgan fingerprint density at radius 3 is 2.52 bits per heavy atom. The van der Waals surface area contributed by atoms with Crippen LogP contribution < -0.4 is 10.6 Å². The first-order chi connectivity index (χ1) is 11.1. The van der Waals surface area contributed by atoms with E-state index in [1.807, 2.05) is 11.8 Å². The number of carboxylic acid groups (broad SMARTS) is 1. The van der Waals surface area contributed by atoms with Crippen LogP contribution in [0.4, 0.5) is 4.79 Å². The van der Waals surface area contributed by atoms with Gasteiger partial charge in [-0.1, -0.05) is 32.6 Å². The highest BCUT2D eigenvalue weighted by molar-refractivity contribution is 5.74. The zero-order valence-corrected chi connectivity index (χ0v) is 14.2. The second kappa shape index (κ2) is 9.11. The molecule has 6 nitrogen and oxygen atoms in total. The van der Waals surface area contributed by atoms with Crippen LogP contribution in [0.5, 0.6) is 0 Å². The maximum Gasteiger partial charge on any atom is 0.317 e. The molecule has 0 aromatic carbocycles. The van der Waals surface area contributed by atoms with Crippen LogP contribution >= 0.6 is 0 Å². The molecule has 2 amide bonds. The number of urea groups is 1. The van der Waals surface area contributed by atoms with Gasteiger partial charge in [0.2, 0.25) is 0 Å². The highest BCUT2D eigenvalue weighted by atomic mass is 16.4. The Kier molecular flexibility index (Phi) is 7.15. The van der Waals surface area contributed by atoms with E-state index in [1.165, 1.54) is 32.1 Å². The van der Waals surface area contributed by atoms with Crippen molar-refractivity contribution < 1.29 is 14.7 Å². The van der Waals surface area contributed by atoms with E-state index in [9.17, 15) is 9.59 Å². The Morgan fingerprint density at radius 1 is 1.22 bits per heavy atom. The minimum absolute atomic E-state index is 0.0823. The van der Waals surface area contributed by atoms with Crippen LogP contribution in [-0.4, -0.2) is 53.7 Å². The lowest BCUT2D eigenvalue weighted by molar-refractivity contribution is -0.139. The summed E-state index contributed by atoms with van der Waals surface area (Å²) < 4.78 is 0. The van der Waals surface area contributed by atoms with E-state index >= 15 is 0 Å². The van der Waals surface area contributed by atoms with Gasteiger partial charge in [0.15, 0.2) is 0 Å². The molecule has 23 heavy (non-hydrogen) atoms. The van der Waals surface area contributed by atoms with Gasteiger partial charge < -0.3 is 15.7 Å². The zero-order chi connectivity index (χ0) is 16.7. The van der Waals surface area contributed by atoms with E-state index < -0.39 is 5.97 Å². The number of amides is 2. The molecule has 132 valence electrons. The van der Waals surface area contributed by atoms with Crippen molar-refractivity contribution in [1.82, 2.24) is 15.5 Å². The summed E-state index contributed by atoms with van der Waals surface area (Å²) in [6.45, 7) is 3.54. The zero-order valence-electron chi connectivity index (χ0n) is 14.2. The first-order valence-electron chi connectivity index (χ1n) is 9.08. The number of hydrogen-bond acceptors (Lipinski definition) is 3. The SMILES string of the molecule is CCN(CC(=O)O)C1CC(NC(=O)NCCCC2CCCC2)C1. The Morgan fingerprint density at radius 2 is 1.91 bits per heavy atom. The van der Waals surface area contributed by atoms with Crippen LogP contribution in [0.2, 0.25) is 0 Å². The van der Waals surface area contributed by atoms with Gasteiger partial charge >= 0.3 is 12.0 Å². The minimum Gasteiger partial charge on any atom is -0.480 e. The molecule has 0 heterocycles. The number of carbonyl (C=O) groups is 2. The first kappa shape index (κ1) is 18.0. The molecule has 0 saturated heterocycles. The van der Waals surface area contributed by atoms with E-state index in [0.29, 0.717) is 0 Å². The maximum atomic E-state index is 11.8. The molecule has 2 aliphatic rings. The molecule has 0 atom stereocenters. The quantitative estimate of drug-likeness (QED) is 0.568. The van der Waals surface area contributed by atoms with Gasteiger partial charge in [-0.25, -0.2) is 4.79 Å². The molecule has 0 aliphatic heterocycles. The van der Waals surface area contributed by atoms with Crippen molar-refractivity contribution in [2.24, 2.45) is 5.92 Å². The molecular weight excluding hydrogens is 294 g/mol. The van der Waals surface area contributed by atoms with Crippen molar-refractivity contribution >= 4 is 12.0 Å². The minimum atomic E-state index is -0.789. The lowest BCUT2D eigenvalue weighted by atomic mass is 9.85. The molecule has 0 spiro atoms. The third kappa shape index (κ3) is 6.01. The van der Waals surface area contributed by atoms with Crippen LogP contribution in [0.1, 0.15) is 58.3 Å². The number of nitrogens with zero attached hydrogens (tertiary/aromatic N) is 1. The smallest absolute Gasteiger partial charge is 0.317 e. The number of aliphatic carboxylic acids is 1. The first-order valence-corrected chi connectivity index (χ1v) is 9.08. The van der Waals surface area contributed by atoms with Crippen LogP contribution in [-0.2, 0) is 4.79 Å². The van der Waals surface area contributed by atoms with Gasteiger partial charge in [-0.15, -0.1) is 0 Å². The van der Waals surface area contributed by atoms with Crippen molar-refractivity contribution in [1.29, 1.82) is 0 Å². The van der Waals surface area contributed by atoms with Crippen molar-refractivity contribution in [3.63, 3.8) is 0 Å². The van der Waals surface area contributed by atoms with Crippen LogP contribution in [0.25, 0.3) is 0 Å². The standard InChI is InChI=1S/C17H31N3O3/c1-2-20(12-16(21)22)15-10-14(11-15)19-17(23)18-9-5-8-13-6-3-4-7-13/h13-15H,2-12H2,1H3,(H,21,22)(H2,18,19,23). The van der Waals surface area contributed by atoms with Crippen LogP contribution in [0, 0.1) is 5.92 Å². The summed E-state index contributed by atoms with van der Waals surface area (Å²) in [4.78, 5) is 24.6. The van der Waals surface area contributed by atoms with E-state index in [4.69, 9.17) is 5.11 Å². The summed E-state index contributed by atoms with van der Waals surface area (Å²) in [6.07, 6.45) is 9.45. The average Bonchev–Trinajstić information content (AvgIpc) is 2.98. The van der Waals surface area contributed by atoms with Crippen LogP contribution in [0.15, 0.2) is 0 Å². The molecule has 6 heteroatoms. The topological polar surface area (TPSA) is 81.7 Å². The number of carboxylic acids is 1. The van der Waals surface area contributed by atoms with Crippen molar-refractivity contribution in [3.8, 4) is 0 Å². The number of carbonyl (C=O) groups excluding carboxylic acids is 1. The van der Waals surface area contributed by atoms with Crippen LogP contribution in [0.3, 0.4) is 0 Å². The Labute approximate surface area is 139 Å². The van der Waals surface area contributed by atoms with Gasteiger partial charge in [0.1, 0.15) is 0 Å². The van der Waals surface area contributed by atoms with Gasteiger partial charge in [0, 0.05) is 18.6 Å². The van der Waals surface area contributed by atoms with E-state index in [2.05, 4.69) is 10.6 Å². The summed E-state index contributed by atoms with van der Waals surface area (Å²) in [5, 5.41) is 14.8. The molecule has 2 aliphatic carbocycles. The summed E-state index contributed by atoms with van der Waals surface area (Å²) in [6, 6.07) is 0.377. The Balaban J connectivity index is 1.52. The maximum absolute atomic E-state index is 11.8. The molecule has 2 saturated carbocycles. The molecule has 3 N–H and O–H groups in total. The summed E-state index contributed by atoms with van der Waals surface area (Å²) in [5.74, 6) is 0.0878. The van der Waals surface area contributed by atoms with Gasteiger partial charge in [0.05, 0.1) is 6.54 Å². The fourth-order valence-electron chi connectivity index (χ4n) is 3.80. The normalized spacial score (nSPS) is 24.4. The number of nitrogens with one attached hydrogen (secondary N) is 2. The van der Waals surface area contributed by atoms with E-state index in [1.54, 1.807) is 0 Å². The molecule has 0 aromatic rings. The molecule has 0 bridgehead atoms. The summed E-state index contributed by atoms with van der Waals surface area (Å²) >= 11 is 0. The third-order valence-corrected chi connectivity index (χ3v) is 5.26. The summed E-state index contributed by atoms with van der Waals surface area (Å²) in [5.41, 5.74) is 0. The van der Waals surface area contributed by atoms with E-state index in [-0.39, 0.29) is 24.7 Å². The van der Waals surface area contributed by atoms with E-state index in [0.717, 1.165) is 38.3 Å². The van der Waals surface area contributed by atoms with Gasteiger partial charge in [-0.05, 0) is 38.1 Å². The fourth-order valence-corrected chi connectivity index (χ4v) is 3.80. The average molecular weight is 325 g/mol. The monoisotopic (exact) mass is 325 g/mol. The molecule has 2 fully saturated rings. The van der Waals surface area contributed by atoms with Gasteiger partial charge in [-0.3, -0.25) is 9.69 Å². The Bertz CT molecular complexity index is 391. The number of rotatable bonds is 9. The van der Waals surface area contributed by atoms with Gasteiger partial charge in [0.25, 0.3) is 0 Å². The van der Waals surface area contributed by atoms with Crippen molar-refractivity contribution in [3.05, 3.63) is 0 Å². The largest absolute Gasteiger partial charge is 0.480 e. The predicted octanol–water partition coefficient (Wildman–Crippen LogP) is 2.19. The third-order valence-electron chi connectivity index (χ3n) is 5.26. The highest BCUT2D eigenvalue weighted by Gasteiger charge is 2.34. The fraction of sp³-hybridized carbons (Fsp3) is 0.882. The lowest BCUT2D eigenvalue weighted by Crippen LogP contribution is -2.56. The van der Waals surface area contributed by atoms with Crippen molar-refractivity contribution in [2.75, 3.05) is 19.6 Å². The number of hydrogen-bond donors (Lipinski definition) is 3. The molecule has 2 rings (SSSR count). The Hall–Kier alpha value is -1.30. The molecule has 0 radical (unpaired) electrons. The van der Waals surface area contributed by atoms with Crippen molar-refractivity contribution in [2.45, 2.75) is 70.4 Å². The second-order valence-corrected chi connectivity index (χ2v) is 6.97. The second-order valence-electron chi connectivity index (χ2n) is 6.97. The summed E-state index contributed by atoms with van der Waals surface area (Å²) in [7, 11) is 0. The van der Waals surface area contributed by atoms with Gasteiger partial charge in [-0.2, -0.15) is 0 Å². The number of likely N-dealkylation sites (N-methyl/N-ethyl adjacent to an activating group) is 1. The lowest BCUT2D eigenvalue weighted by Gasteiger charge is -2.42. The molecule has 0 unspecified atom stereocenters. The highest BCUT2D eigenvalue weighted by Crippen LogP contribution is 2.28. The molecule has 0 aromatic heterocycles.